The zero-order valence-electron chi connectivity index (χ0n) is 40.2. The number of ether oxygens (including phenoxy) is 1. The zero-order valence-corrected chi connectivity index (χ0v) is 34.5. The normalized spacial score (nSPS) is 13.8. The Morgan fingerprint density at radius 2 is 1.32 bits per heavy atom. The molecule has 0 bridgehead atoms. The summed E-state index contributed by atoms with van der Waals surface area (Å²) >= 11 is 0. The van der Waals surface area contributed by atoms with Crippen molar-refractivity contribution in [2.75, 3.05) is 0 Å². The number of imidazole rings is 1. The molecule has 0 aliphatic carbocycles. The maximum Gasteiger partial charge on any atom is 0.268 e. The molecule has 0 saturated heterocycles. The van der Waals surface area contributed by atoms with Gasteiger partial charge in [0.05, 0.1) is 27.7 Å². The Hall–Kier alpha value is -6.55. The van der Waals surface area contributed by atoms with Crippen LogP contribution in [0.5, 0.6) is 11.5 Å². The summed E-state index contributed by atoms with van der Waals surface area (Å²) in [6, 6.07) is 38.0. The van der Waals surface area contributed by atoms with Gasteiger partial charge in [0.15, 0.2) is 0 Å². The topological polar surface area (TPSA) is 35.9 Å². The van der Waals surface area contributed by atoms with Crippen LogP contribution in [-0.4, -0.2) is 14.1 Å². The summed E-state index contributed by atoms with van der Waals surface area (Å²) in [4.78, 5) is 4.82. The molecule has 4 heterocycles. The molecule has 1 aliphatic rings. The van der Waals surface area contributed by atoms with Crippen molar-refractivity contribution in [3.8, 4) is 62.1 Å². The first-order valence-corrected chi connectivity index (χ1v) is 19.1. The van der Waals surface area contributed by atoms with Gasteiger partial charge in [0.2, 0.25) is 0 Å². The van der Waals surface area contributed by atoms with E-state index in [9.17, 15) is 5.48 Å². The van der Waals surface area contributed by atoms with Crippen LogP contribution >= 0.6 is 0 Å². The van der Waals surface area contributed by atoms with E-state index in [2.05, 4.69) is 68.1 Å². The van der Waals surface area contributed by atoms with Crippen LogP contribution in [0.4, 0.5) is 0 Å². The van der Waals surface area contributed by atoms with Gasteiger partial charge in [0.1, 0.15) is 5.82 Å². The third-order valence-electron chi connectivity index (χ3n) is 10.5. The summed E-state index contributed by atoms with van der Waals surface area (Å²) < 4.78 is 84.3. The predicted molar refractivity (Wildman–Crippen MR) is 233 cm³/mol. The van der Waals surface area contributed by atoms with Gasteiger partial charge in [-0.25, -0.2) is 4.98 Å². The first kappa shape index (κ1) is 28.8. The Bertz CT molecular complexity index is 3710. The molecule has 7 aromatic carbocycles. The van der Waals surface area contributed by atoms with Crippen LogP contribution in [0.2, 0.25) is 0 Å². The predicted octanol–water partition coefficient (Wildman–Crippen LogP) is 12.5. The van der Waals surface area contributed by atoms with Gasteiger partial charge < -0.3 is 13.9 Å². The number of para-hydroxylation sites is 3. The molecular weight excluding hydrogens is 904 g/mol. The Labute approximate surface area is 369 Å². The van der Waals surface area contributed by atoms with Crippen molar-refractivity contribution in [1.82, 2.24) is 14.1 Å². The summed E-state index contributed by atoms with van der Waals surface area (Å²) in [6.45, 7) is 6.67. The smallest absolute Gasteiger partial charge is 0.268 e. The number of benzene rings is 7. The van der Waals surface area contributed by atoms with E-state index in [1.54, 1.807) is 33.4 Å². The fraction of sp³-hybridized carbons (Fsp3) is 0.0943. The fourth-order valence-electron chi connectivity index (χ4n) is 8.22. The average molecular weight is 950 g/mol. The van der Waals surface area contributed by atoms with Crippen LogP contribution < -0.4 is 9.30 Å². The third kappa shape index (κ3) is 6.29. The molecule has 6 heteroatoms. The van der Waals surface area contributed by atoms with Crippen LogP contribution in [0.1, 0.15) is 37.3 Å². The quantitative estimate of drug-likeness (QED) is 0.127. The molecule has 0 atom stereocenters. The average Bonchev–Trinajstić information content (AvgIpc) is 3.87. The molecule has 0 fully saturated rings. The molecule has 5 nitrogen and oxygen atoms in total. The number of hydrogen-bond donors (Lipinski definition) is 0. The van der Waals surface area contributed by atoms with E-state index in [4.69, 9.17) is 15.2 Å². The van der Waals surface area contributed by atoms with Crippen molar-refractivity contribution in [2.45, 2.75) is 27.2 Å². The third-order valence-corrected chi connectivity index (χ3v) is 10.5. The van der Waals surface area contributed by atoms with Gasteiger partial charge in [-0.05, 0) is 86.1 Å². The van der Waals surface area contributed by atoms with Gasteiger partial charge in [0, 0.05) is 44.3 Å². The molecule has 59 heavy (non-hydrogen) atoms. The molecule has 0 saturated carbocycles. The monoisotopic (exact) mass is 949 g/mol. The molecule has 288 valence electrons. The van der Waals surface area contributed by atoms with Crippen molar-refractivity contribution in [3.63, 3.8) is 0 Å². The van der Waals surface area contributed by atoms with Crippen molar-refractivity contribution in [1.29, 1.82) is 0 Å². The number of rotatable bonds is 5. The van der Waals surface area contributed by atoms with E-state index in [0.717, 1.165) is 34.0 Å². The number of hydrogen-bond acceptors (Lipinski definition) is 2. The van der Waals surface area contributed by atoms with Gasteiger partial charge in [-0.1, -0.05) is 129 Å². The zero-order chi connectivity index (χ0) is 45.9. The second kappa shape index (κ2) is 14.4. The Morgan fingerprint density at radius 1 is 0.661 bits per heavy atom. The van der Waals surface area contributed by atoms with Gasteiger partial charge in [-0.15, -0.1) is 29.7 Å². The number of fused-ring (bicyclic) bond motifs is 10. The van der Waals surface area contributed by atoms with Crippen LogP contribution in [0.25, 0.3) is 83.4 Å². The molecule has 0 N–H and O–H groups in total. The molecular formula is C53H38N4OPt-2. The molecule has 10 aromatic rings. The Morgan fingerprint density at radius 3 is 2.12 bits per heavy atom. The van der Waals surface area contributed by atoms with Crippen LogP contribution in [0.3, 0.4) is 0 Å². The maximum atomic E-state index is 9.33. The standard InChI is InChI=1S/C53H38N4O.Pt/c1-53(2,3)33-35-28-29-54-51(30-35)57-48-24-11-9-21-44(48)45-27-26-38(32-50(45)57)58-37-15-12-14-36(31-37)55-34-56-47-23-10-8-20-43(47)41-18-6-4-16-39(41)40-17-5-7-19-42(40)46-22-13-25-49(55)52(46)56;/h4-30H,33H2,1-3H3;/q-2;/i4D,5D,6D,7D,16D,17D,18D,19D;. The second-order valence-electron chi connectivity index (χ2n) is 15.7. The summed E-state index contributed by atoms with van der Waals surface area (Å²) in [5.41, 5.74) is 6.34. The molecule has 11 rings (SSSR count). The van der Waals surface area contributed by atoms with Gasteiger partial charge in [0.25, 0.3) is 6.33 Å². The number of pyridine rings is 1. The Kier molecular flexibility index (Phi) is 7.01. The van der Waals surface area contributed by atoms with Crippen LogP contribution in [0, 0.1) is 23.9 Å². The van der Waals surface area contributed by atoms with Crippen molar-refractivity contribution in [2.24, 2.45) is 5.41 Å². The van der Waals surface area contributed by atoms with Gasteiger partial charge >= 0.3 is 0 Å². The molecule has 3 aromatic heterocycles. The van der Waals surface area contributed by atoms with E-state index in [1.807, 2.05) is 66.9 Å². The number of aromatic nitrogens is 4. The maximum absolute atomic E-state index is 9.33. The fourth-order valence-corrected chi connectivity index (χ4v) is 8.22. The largest absolute Gasteiger partial charge is 0.510 e. The minimum absolute atomic E-state index is 0. The summed E-state index contributed by atoms with van der Waals surface area (Å²) in [5, 5.41) is 2.07. The van der Waals surface area contributed by atoms with Gasteiger partial charge in [-0.2, -0.15) is 18.2 Å². The minimum atomic E-state index is -0.514. The first-order chi connectivity index (χ1) is 31.7. The van der Waals surface area contributed by atoms with E-state index in [1.165, 1.54) is 5.56 Å². The second-order valence-corrected chi connectivity index (χ2v) is 15.7. The summed E-state index contributed by atoms with van der Waals surface area (Å²) in [7, 11) is 0. The van der Waals surface area contributed by atoms with Crippen molar-refractivity contribution >= 4 is 32.8 Å². The number of nitrogens with zero attached hydrogens (tertiary/aromatic N) is 4. The summed E-state index contributed by atoms with van der Waals surface area (Å²) in [6.07, 6.45) is 6.25. The molecule has 0 unspecified atom stereocenters. The van der Waals surface area contributed by atoms with E-state index in [-0.39, 0.29) is 60.8 Å². The van der Waals surface area contributed by atoms with Gasteiger partial charge in [-0.3, -0.25) is 4.57 Å². The van der Waals surface area contributed by atoms with Crippen molar-refractivity contribution < 1.29 is 41.3 Å². The SMILES string of the molecule is [2H]c1c([2H])c([2H])c2c(c1[2H])-c1ccccc1-[n+]1[c-]n(-c3[c-]c(Oc4[c-]c5c(cc4)c4ccccc4n5-c4cc(CC(C)(C)C)ccn4)ccc3)c3cccc(c31)-c1c([2H])c([2H])c([2H])c([2H])c1-2.[Pt]. The summed E-state index contributed by atoms with van der Waals surface area (Å²) in [5.74, 6) is 1.66. The van der Waals surface area contributed by atoms with E-state index in [0.29, 0.717) is 45.0 Å². The molecule has 0 amide bonds. The van der Waals surface area contributed by atoms with Crippen LogP contribution in [-0.2, 0) is 27.5 Å². The van der Waals surface area contributed by atoms with E-state index < -0.39 is 36.3 Å². The van der Waals surface area contributed by atoms with Crippen LogP contribution in [0.15, 0.2) is 164 Å². The minimum Gasteiger partial charge on any atom is -0.510 e. The molecule has 0 radical (unpaired) electrons. The molecule has 1 aliphatic heterocycles. The first-order valence-electron chi connectivity index (χ1n) is 23.1. The molecule has 0 spiro atoms. The Balaban J connectivity index is 0.00000525. The van der Waals surface area contributed by atoms with Crippen molar-refractivity contribution in [3.05, 3.63) is 188 Å². The van der Waals surface area contributed by atoms with E-state index >= 15 is 0 Å².